The van der Waals surface area contributed by atoms with Crippen molar-refractivity contribution in [2.75, 3.05) is 0 Å². The number of nitrogens with zero attached hydrogens (tertiary/aromatic N) is 3. The van der Waals surface area contributed by atoms with E-state index in [1.807, 2.05) is 54.6 Å². The Morgan fingerprint density at radius 3 is 2.62 bits per heavy atom. The molecule has 1 heterocycles. The van der Waals surface area contributed by atoms with Crippen LogP contribution in [0.2, 0.25) is 0 Å². The second kappa shape index (κ2) is 6.94. The molecule has 6 nitrogen and oxygen atoms in total. The highest BCUT2D eigenvalue weighted by molar-refractivity contribution is 7.89. The zero-order valence-electron chi connectivity index (χ0n) is 13.2. The lowest BCUT2D eigenvalue weighted by Crippen LogP contribution is -2.27. The first-order chi connectivity index (χ1) is 11.6. The van der Waals surface area contributed by atoms with Gasteiger partial charge in [0.2, 0.25) is 10.0 Å². The number of hydrogen-bond acceptors (Lipinski definition) is 4. The predicted octanol–water partition coefficient (Wildman–Crippen LogP) is 2.45. The molecular formula is C17H18N4O2S. The molecule has 1 unspecified atom stereocenters. The zero-order chi connectivity index (χ0) is 17.0. The molecule has 0 saturated heterocycles. The molecule has 1 aromatic heterocycles. The van der Waals surface area contributed by atoms with Gasteiger partial charge in [-0.15, -0.1) is 0 Å². The summed E-state index contributed by atoms with van der Waals surface area (Å²) in [5, 5.41) is 3.46. The molecule has 0 saturated carbocycles. The van der Waals surface area contributed by atoms with Gasteiger partial charge in [-0.1, -0.05) is 42.5 Å². The van der Waals surface area contributed by atoms with E-state index in [-0.39, 0.29) is 6.54 Å². The van der Waals surface area contributed by atoms with Crippen LogP contribution < -0.4 is 4.72 Å². The Morgan fingerprint density at radius 2 is 1.92 bits per heavy atom. The van der Waals surface area contributed by atoms with Crippen molar-refractivity contribution in [3.8, 4) is 5.69 Å². The lowest BCUT2D eigenvalue weighted by atomic mass is 10.2. The van der Waals surface area contributed by atoms with Crippen LogP contribution in [0.15, 0.2) is 67.3 Å². The van der Waals surface area contributed by atoms with Crippen molar-refractivity contribution >= 4 is 10.0 Å². The van der Waals surface area contributed by atoms with Gasteiger partial charge in [0.1, 0.15) is 12.7 Å². The van der Waals surface area contributed by atoms with E-state index < -0.39 is 15.3 Å². The Labute approximate surface area is 141 Å². The average Bonchev–Trinajstić information content (AvgIpc) is 3.15. The van der Waals surface area contributed by atoms with E-state index in [1.165, 1.54) is 6.33 Å². The Kier molecular flexibility index (Phi) is 4.73. The number of rotatable bonds is 6. The molecule has 0 bridgehead atoms. The Morgan fingerprint density at radius 1 is 1.12 bits per heavy atom. The standard InChI is InChI=1S/C17H18N4O2S/c1-14(16-7-3-2-4-8-16)24(22,23)20-11-15-6-5-9-17(10-15)21-13-18-12-19-21/h2-10,12-14,20H,11H2,1H3. The third-order valence-corrected chi connectivity index (χ3v) is 5.56. The molecule has 7 heteroatoms. The maximum Gasteiger partial charge on any atom is 0.218 e. The summed E-state index contributed by atoms with van der Waals surface area (Å²) in [6.07, 6.45) is 3.05. The van der Waals surface area contributed by atoms with Gasteiger partial charge in [-0.25, -0.2) is 22.8 Å². The maximum atomic E-state index is 12.5. The molecule has 3 rings (SSSR count). The van der Waals surface area contributed by atoms with Gasteiger partial charge in [-0.05, 0) is 30.2 Å². The molecule has 0 amide bonds. The van der Waals surface area contributed by atoms with Gasteiger partial charge < -0.3 is 0 Å². The van der Waals surface area contributed by atoms with Crippen molar-refractivity contribution in [2.24, 2.45) is 0 Å². The highest BCUT2D eigenvalue weighted by Gasteiger charge is 2.21. The van der Waals surface area contributed by atoms with Gasteiger partial charge in [0.15, 0.2) is 0 Å². The van der Waals surface area contributed by atoms with Gasteiger partial charge in [0, 0.05) is 6.54 Å². The van der Waals surface area contributed by atoms with Crippen molar-refractivity contribution in [1.29, 1.82) is 0 Å². The van der Waals surface area contributed by atoms with E-state index >= 15 is 0 Å². The second-order valence-corrected chi connectivity index (χ2v) is 7.51. The summed E-state index contributed by atoms with van der Waals surface area (Å²) in [7, 11) is -3.46. The number of aromatic nitrogens is 3. The lowest BCUT2D eigenvalue weighted by molar-refractivity contribution is 0.571. The fraction of sp³-hybridized carbons (Fsp3) is 0.176. The summed E-state index contributed by atoms with van der Waals surface area (Å²) >= 11 is 0. The monoisotopic (exact) mass is 342 g/mol. The van der Waals surface area contributed by atoms with Gasteiger partial charge in [0.05, 0.1) is 10.9 Å². The normalized spacial score (nSPS) is 12.9. The Balaban J connectivity index is 1.72. The SMILES string of the molecule is CC(c1ccccc1)S(=O)(=O)NCc1cccc(-n2cncn2)c1. The van der Waals surface area contributed by atoms with Crippen LogP contribution in [0.5, 0.6) is 0 Å². The van der Waals surface area contributed by atoms with Crippen LogP contribution >= 0.6 is 0 Å². The van der Waals surface area contributed by atoms with Crippen molar-refractivity contribution in [3.05, 3.63) is 78.4 Å². The van der Waals surface area contributed by atoms with Crippen molar-refractivity contribution in [2.45, 2.75) is 18.7 Å². The molecule has 2 aromatic carbocycles. The summed E-state index contributed by atoms with van der Waals surface area (Å²) in [6.45, 7) is 1.91. The first-order valence-electron chi connectivity index (χ1n) is 7.53. The molecule has 124 valence electrons. The summed E-state index contributed by atoms with van der Waals surface area (Å²) in [5.74, 6) is 0. The highest BCUT2D eigenvalue weighted by atomic mass is 32.2. The third-order valence-electron chi connectivity index (χ3n) is 3.81. The first-order valence-corrected chi connectivity index (χ1v) is 9.08. The molecule has 0 radical (unpaired) electrons. The van der Waals surface area contributed by atoms with Crippen LogP contribution in [0.3, 0.4) is 0 Å². The number of nitrogens with one attached hydrogen (secondary N) is 1. The van der Waals surface area contributed by atoms with Crippen LogP contribution in [0.1, 0.15) is 23.3 Å². The lowest BCUT2D eigenvalue weighted by Gasteiger charge is -2.14. The fourth-order valence-electron chi connectivity index (χ4n) is 2.36. The molecule has 0 fully saturated rings. The molecule has 1 N–H and O–H groups in total. The van der Waals surface area contributed by atoms with E-state index in [0.29, 0.717) is 0 Å². The second-order valence-electron chi connectivity index (χ2n) is 5.43. The average molecular weight is 342 g/mol. The van der Waals surface area contributed by atoms with Gasteiger partial charge >= 0.3 is 0 Å². The predicted molar refractivity (Wildman–Crippen MR) is 92.0 cm³/mol. The molecule has 24 heavy (non-hydrogen) atoms. The maximum absolute atomic E-state index is 12.5. The summed E-state index contributed by atoms with van der Waals surface area (Å²) < 4.78 is 29.3. The number of hydrogen-bond donors (Lipinski definition) is 1. The van der Waals surface area contributed by atoms with Crippen LogP contribution in [0, 0.1) is 0 Å². The van der Waals surface area contributed by atoms with E-state index in [9.17, 15) is 8.42 Å². The third kappa shape index (κ3) is 3.69. The number of benzene rings is 2. The van der Waals surface area contributed by atoms with E-state index in [0.717, 1.165) is 16.8 Å². The van der Waals surface area contributed by atoms with Crippen LogP contribution in [0.25, 0.3) is 5.69 Å². The minimum absolute atomic E-state index is 0.224. The zero-order valence-corrected chi connectivity index (χ0v) is 14.0. The molecule has 1 atom stereocenters. The van der Waals surface area contributed by atoms with E-state index in [1.54, 1.807) is 17.9 Å². The smallest absolute Gasteiger partial charge is 0.218 e. The largest absolute Gasteiger partial charge is 0.223 e. The van der Waals surface area contributed by atoms with Gasteiger partial charge in [-0.2, -0.15) is 5.10 Å². The molecular weight excluding hydrogens is 324 g/mol. The number of sulfonamides is 1. The van der Waals surface area contributed by atoms with Crippen LogP contribution in [-0.4, -0.2) is 23.2 Å². The quantitative estimate of drug-likeness (QED) is 0.746. The van der Waals surface area contributed by atoms with Crippen LogP contribution in [0.4, 0.5) is 0 Å². The van der Waals surface area contributed by atoms with Gasteiger partial charge in [0.25, 0.3) is 0 Å². The molecule has 0 aliphatic rings. The highest BCUT2D eigenvalue weighted by Crippen LogP contribution is 2.20. The summed E-state index contributed by atoms with van der Waals surface area (Å²) in [4.78, 5) is 3.91. The first kappa shape index (κ1) is 16.4. The van der Waals surface area contributed by atoms with Gasteiger partial charge in [-0.3, -0.25) is 0 Å². The summed E-state index contributed by atoms with van der Waals surface area (Å²) in [6, 6.07) is 16.7. The topological polar surface area (TPSA) is 76.9 Å². The van der Waals surface area contributed by atoms with E-state index in [4.69, 9.17) is 0 Å². The van der Waals surface area contributed by atoms with Crippen molar-refractivity contribution in [3.63, 3.8) is 0 Å². The molecule has 0 spiro atoms. The van der Waals surface area contributed by atoms with Crippen molar-refractivity contribution in [1.82, 2.24) is 19.5 Å². The molecule has 0 aliphatic heterocycles. The van der Waals surface area contributed by atoms with Crippen molar-refractivity contribution < 1.29 is 8.42 Å². The fourth-order valence-corrected chi connectivity index (χ4v) is 3.50. The minimum atomic E-state index is -3.46. The Hall–Kier alpha value is -2.51. The summed E-state index contributed by atoms with van der Waals surface area (Å²) in [5.41, 5.74) is 2.45. The molecule has 3 aromatic rings. The Bertz CT molecular complexity index is 893. The van der Waals surface area contributed by atoms with E-state index in [2.05, 4.69) is 14.8 Å². The molecule has 0 aliphatic carbocycles. The minimum Gasteiger partial charge on any atom is -0.223 e. The van der Waals surface area contributed by atoms with Crippen LogP contribution in [-0.2, 0) is 16.6 Å².